The second-order valence-corrected chi connectivity index (χ2v) is 6.24. The van der Waals surface area contributed by atoms with E-state index in [1.807, 2.05) is 12.1 Å². The Kier molecular flexibility index (Phi) is 4.62. The van der Waals surface area contributed by atoms with Crippen molar-refractivity contribution in [2.45, 2.75) is 52.0 Å². The van der Waals surface area contributed by atoms with Crippen molar-refractivity contribution in [3.8, 4) is 17.3 Å². The van der Waals surface area contributed by atoms with Crippen LogP contribution in [-0.4, -0.2) is 4.57 Å². The van der Waals surface area contributed by atoms with Gasteiger partial charge in [-0.2, -0.15) is 5.26 Å². The number of unbranched alkanes of at least 4 members (excludes halogenated alkanes) is 1. The number of aromatic nitrogens is 1. The minimum atomic E-state index is -0.170. The Bertz CT molecular complexity index is 811. The maximum Gasteiger partial charge on any atom is 0.268 e. The summed E-state index contributed by atoms with van der Waals surface area (Å²) in [6.45, 7) is 2.77. The lowest BCUT2D eigenvalue weighted by atomic mass is 9.90. The largest absolute Gasteiger partial charge is 0.307 e. The summed E-state index contributed by atoms with van der Waals surface area (Å²) in [6, 6.07) is 12.1. The Balaban J connectivity index is 2.10. The van der Waals surface area contributed by atoms with Gasteiger partial charge in [-0.15, -0.1) is 0 Å². The van der Waals surface area contributed by atoms with Crippen molar-refractivity contribution in [1.82, 2.24) is 4.57 Å². The number of nitrogens with zero attached hydrogens (tertiary/aromatic N) is 2. The average molecular weight is 306 g/mol. The molecular weight excluding hydrogens is 284 g/mol. The zero-order valence-electron chi connectivity index (χ0n) is 13.6. The third-order valence-corrected chi connectivity index (χ3v) is 4.67. The molecule has 0 amide bonds. The van der Waals surface area contributed by atoms with Crippen LogP contribution in [0.3, 0.4) is 0 Å². The van der Waals surface area contributed by atoms with Gasteiger partial charge in [0.05, 0.1) is 5.69 Å². The van der Waals surface area contributed by atoms with E-state index in [4.69, 9.17) is 5.26 Å². The van der Waals surface area contributed by atoms with Crippen LogP contribution in [0.5, 0.6) is 0 Å². The van der Waals surface area contributed by atoms with Crippen molar-refractivity contribution in [2.75, 3.05) is 0 Å². The van der Waals surface area contributed by atoms with Crippen LogP contribution in [-0.2, 0) is 19.4 Å². The van der Waals surface area contributed by atoms with Crippen molar-refractivity contribution >= 4 is 0 Å². The summed E-state index contributed by atoms with van der Waals surface area (Å²) in [7, 11) is 0. The first kappa shape index (κ1) is 15.6. The second-order valence-electron chi connectivity index (χ2n) is 6.24. The average Bonchev–Trinajstić information content (AvgIpc) is 2.60. The van der Waals surface area contributed by atoms with Crippen molar-refractivity contribution in [2.24, 2.45) is 0 Å². The second kappa shape index (κ2) is 6.83. The van der Waals surface area contributed by atoms with Crippen molar-refractivity contribution < 1.29 is 0 Å². The molecule has 118 valence electrons. The highest BCUT2D eigenvalue weighted by atomic mass is 16.1. The van der Waals surface area contributed by atoms with Gasteiger partial charge in [-0.3, -0.25) is 4.79 Å². The molecule has 0 spiro atoms. The fraction of sp³-hybridized carbons (Fsp3) is 0.400. The molecule has 0 saturated carbocycles. The standard InChI is InChI=1S/C20H22N2O/c1-2-3-12-22-19(11-10-18(14-21)20(22)23)17-9-8-15-6-4-5-7-16(15)13-17/h8-11,13H,2-7,12H2,1H3. The molecule has 2 aromatic rings. The minimum Gasteiger partial charge on any atom is -0.307 e. The highest BCUT2D eigenvalue weighted by molar-refractivity contribution is 5.62. The van der Waals surface area contributed by atoms with Gasteiger partial charge in [-0.1, -0.05) is 25.5 Å². The molecule has 0 saturated heterocycles. The maximum absolute atomic E-state index is 12.5. The molecule has 3 nitrogen and oxygen atoms in total. The third kappa shape index (κ3) is 3.07. The van der Waals surface area contributed by atoms with Gasteiger partial charge in [0.25, 0.3) is 5.56 Å². The Labute approximate surface area is 137 Å². The number of pyridine rings is 1. The van der Waals surface area contributed by atoms with Gasteiger partial charge in [-0.25, -0.2) is 0 Å². The lowest BCUT2D eigenvalue weighted by molar-refractivity contribution is 0.617. The number of hydrogen-bond acceptors (Lipinski definition) is 2. The fourth-order valence-electron chi connectivity index (χ4n) is 3.35. The SMILES string of the molecule is CCCCn1c(-c2ccc3c(c2)CCCC3)ccc(C#N)c1=O. The molecule has 0 fully saturated rings. The van der Waals surface area contributed by atoms with Crippen LogP contribution in [0.15, 0.2) is 35.1 Å². The molecule has 0 radical (unpaired) electrons. The summed E-state index contributed by atoms with van der Waals surface area (Å²) in [4.78, 5) is 12.5. The highest BCUT2D eigenvalue weighted by Crippen LogP contribution is 2.27. The van der Waals surface area contributed by atoms with E-state index in [2.05, 4.69) is 25.1 Å². The van der Waals surface area contributed by atoms with Crippen molar-refractivity contribution in [3.05, 3.63) is 57.4 Å². The van der Waals surface area contributed by atoms with Gasteiger partial charge in [0.15, 0.2) is 0 Å². The Morgan fingerprint density at radius 1 is 1.13 bits per heavy atom. The van der Waals surface area contributed by atoms with Gasteiger partial charge in [0.1, 0.15) is 11.6 Å². The molecule has 0 bridgehead atoms. The lowest BCUT2D eigenvalue weighted by Crippen LogP contribution is -2.24. The Morgan fingerprint density at radius 2 is 1.91 bits per heavy atom. The van der Waals surface area contributed by atoms with E-state index in [1.54, 1.807) is 10.6 Å². The van der Waals surface area contributed by atoms with Crippen LogP contribution >= 0.6 is 0 Å². The first-order chi connectivity index (χ1) is 11.2. The smallest absolute Gasteiger partial charge is 0.268 e. The van der Waals surface area contributed by atoms with Gasteiger partial charge in [0.2, 0.25) is 0 Å². The number of benzene rings is 1. The predicted octanol–water partition coefficient (Wildman–Crippen LogP) is 4.07. The summed E-state index contributed by atoms with van der Waals surface area (Å²) in [5, 5.41) is 9.12. The summed E-state index contributed by atoms with van der Waals surface area (Å²) in [5.41, 5.74) is 4.92. The molecule has 1 aromatic heterocycles. The van der Waals surface area contributed by atoms with Crippen LogP contribution in [0.2, 0.25) is 0 Å². The van der Waals surface area contributed by atoms with Crippen LogP contribution in [0.4, 0.5) is 0 Å². The zero-order chi connectivity index (χ0) is 16.2. The predicted molar refractivity (Wildman–Crippen MR) is 92.4 cm³/mol. The van der Waals surface area contributed by atoms with E-state index in [9.17, 15) is 4.79 Å². The Hall–Kier alpha value is -2.34. The number of nitriles is 1. The van der Waals surface area contributed by atoms with Crippen molar-refractivity contribution in [1.29, 1.82) is 5.26 Å². The summed E-state index contributed by atoms with van der Waals surface area (Å²) >= 11 is 0. The normalized spacial score (nSPS) is 13.4. The topological polar surface area (TPSA) is 45.8 Å². The molecule has 1 aromatic carbocycles. The Morgan fingerprint density at radius 3 is 2.65 bits per heavy atom. The molecule has 1 aliphatic rings. The van der Waals surface area contributed by atoms with Crippen LogP contribution < -0.4 is 5.56 Å². The number of aryl methyl sites for hydroxylation is 2. The lowest BCUT2D eigenvalue weighted by Gasteiger charge is -2.18. The molecule has 23 heavy (non-hydrogen) atoms. The molecule has 0 aliphatic heterocycles. The van der Waals surface area contributed by atoms with Crippen molar-refractivity contribution in [3.63, 3.8) is 0 Å². The van der Waals surface area contributed by atoms with Gasteiger partial charge in [-0.05, 0) is 67.0 Å². The van der Waals surface area contributed by atoms with Crippen LogP contribution in [0, 0.1) is 11.3 Å². The van der Waals surface area contributed by atoms with Crippen LogP contribution in [0.25, 0.3) is 11.3 Å². The molecule has 0 atom stereocenters. The maximum atomic E-state index is 12.5. The number of rotatable bonds is 4. The minimum absolute atomic E-state index is 0.170. The summed E-state index contributed by atoms with van der Waals surface area (Å²) in [6.07, 6.45) is 6.75. The van der Waals surface area contributed by atoms with E-state index < -0.39 is 0 Å². The monoisotopic (exact) mass is 306 g/mol. The first-order valence-corrected chi connectivity index (χ1v) is 8.50. The summed E-state index contributed by atoms with van der Waals surface area (Å²) in [5.74, 6) is 0. The molecule has 1 aliphatic carbocycles. The number of hydrogen-bond donors (Lipinski definition) is 0. The van der Waals surface area contributed by atoms with Gasteiger partial charge in [0, 0.05) is 6.54 Å². The first-order valence-electron chi connectivity index (χ1n) is 8.50. The van der Waals surface area contributed by atoms with Gasteiger partial charge < -0.3 is 4.57 Å². The molecule has 1 heterocycles. The molecular formula is C20H22N2O. The molecule has 0 N–H and O–H groups in total. The van der Waals surface area contributed by atoms with E-state index in [-0.39, 0.29) is 11.1 Å². The fourth-order valence-corrected chi connectivity index (χ4v) is 3.35. The third-order valence-electron chi connectivity index (χ3n) is 4.67. The van der Waals surface area contributed by atoms with E-state index >= 15 is 0 Å². The molecule has 3 rings (SSSR count). The van der Waals surface area contributed by atoms with Gasteiger partial charge >= 0.3 is 0 Å². The van der Waals surface area contributed by atoms with Crippen LogP contribution in [0.1, 0.15) is 49.3 Å². The molecule has 0 unspecified atom stereocenters. The quantitative estimate of drug-likeness (QED) is 0.855. The summed E-state index contributed by atoms with van der Waals surface area (Å²) < 4.78 is 1.77. The van der Waals surface area contributed by atoms with E-state index in [0.717, 1.165) is 36.9 Å². The highest BCUT2D eigenvalue weighted by Gasteiger charge is 2.14. The zero-order valence-corrected chi connectivity index (χ0v) is 13.6. The van der Waals surface area contributed by atoms with E-state index in [1.165, 1.54) is 24.0 Å². The number of fused-ring (bicyclic) bond motifs is 1. The van der Waals surface area contributed by atoms with E-state index in [0.29, 0.717) is 6.54 Å². The molecule has 3 heteroatoms.